The number of aromatic nitrogens is 2. The van der Waals surface area contributed by atoms with E-state index in [9.17, 15) is 4.79 Å². The number of rotatable bonds is 6. The summed E-state index contributed by atoms with van der Waals surface area (Å²) in [5.74, 6) is -0.187. The fraction of sp³-hybridized carbons (Fsp3) is 0.125. The summed E-state index contributed by atoms with van der Waals surface area (Å²) in [6, 6.07) is 6.68. The molecular weight excluding hydrogens is 399 g/mol. The minimum atomic E-state index is -0.544. The first-order chi connectivity index (χ1) is 12.6. The summed E-state index contributed by atoms with van der Waals surface area (Å²) in [6.07, 6.45) is 1.51. The summed E-state index contributed by atoms with van der Waals surface area (Å²) in [5, 5.41) is 11.0. The highest BCUT2D eigenvalue weighted by Gasteiger charge is 2.16. The van der Waals surface area contributed by atoms with Gasteiger partial charge in [-0.2, -0.15) is 5.10 Å². The zero-order chi connectivity index (χ0) is 18.5. The molecule has 0 bridgehead atoms. The van der Waals surface area contributed by atoms with E-state index in [0.717, 1.165) is 0 Å². The zero-order valence-corrected chi connectivity index (χ0v) is 15.7. The molecule has 0 aliphatic rings. The molecule has 7 nitrogen and oxygen atoms in total. The molecule has 0 saturated carbocycles. The monoisotopic (exact) mass is 410 g/mol. The smallest absolute Gasteiger partial charge is 0.360 e. The van der Waals surface area contributed by atoms with Crippen molar-refractivity contribution in [1.29, 1.82) is 0 Å². The highest BCUT2D eigenvalue weighted by molar-refractivity contribution is 7.14. The second-order valence-corrected chi connectivity index (χ2v) is 6.51. The molecule has 1 aromatic carbocycles. The van der Waals surface area contributed by atoms with Crippen LogP contribution >= 0.6 is 34.5 Å². The number of nitrogens with zero attached hydrogens (tertiary/aromatic N) is 3. The lowest BCUT2D eigenvalue weighted by atomic mass is 10.2. The largest absolute Gasteiger partial charge is 0.461 e. The lowest BCUT2D eigenvalue weighted by molar-refractivity contribution is 0.0514. The van der Waals surface area contributed by atoms with Crippen molar-refractivity contribution in [3.8, 4) is 11.5 Å². The molecular formula is C16H12Cl2N4O3S. The van der Waals surface area contributed by atoms with Crippen LogP contribution in [0.5, 0.6) is 0 Å². The van der Waals surface area contributed by atoms with E-state index in [1.807, 2.05) is 0 Å². The van der Waals surface area contributed by atoms with Gasteiger partial charge in [-0.3, -0.25) is 5.43 Å². The van der Waals surface area contributed by atoms with Crippen molar-refractivity contribution in [1.82, 2.24) is 10.1 Å². The maximum Gasteiger partial charge on any atom is 0.360 e. The number of benzene rings is 1. The molecule has 0 amide bonds. The highest BCUT2D eigenvalue weighted by atomic mass is 35.5. The Labute approximate surface area is 162 Å². The van der Waals surface area contributed by atoms with Crippen molar-refractivity contribution in [3.63, 3.8) is 0 Å². The summed E-state index contributed by atoms with van der Waals surface area (Å²) in [6.45, 7) is 1.98. The Balaban J connectivity index is 1.69. The second kappa shape index (κ2) is 8.31. The summed E-state index contributed by atoms with van der Waals surface area (Å²) in [7, 11) is 0. The molecule has 0 fully saturated rings. The minimum Gasteiger partial charge on any atom is -0.461 e. The van der Waals surface area contributed by atoms with Crippen LogP contribution in [-0.2, 0) is 4.74 Å². The van der Waals surface area contributed by atoms with Crippen molar-refractivity contribution in [3.05, 3.63) is 50.9 Å². The maximum atomic E-state index is 11.6. The Hall–Kier alpha value is -2.42. The lowest BCUT2D eigenvalue weighted by Crippen LogP contribution is -2.04. The number of thiazole rings is 1. The van der Waals surface area contributed by atoms with E-state index in [0.29, 0.717) is 32.2 Å². The van der Waals surface area contributed by atoms with Crippen LogP contribution in [0.4, 0.5) is 5.13 Å². The van der Waals surface area contributed by atoms with Gasteiger partial charge in [0.1, 0.15) is 5.69 Å². The van der Waals surface area contributed by atoms with Crippen LogP contribution in [0, 0.1) is 0 Å². The van der Waals surface area contributed by atoms with Gasteiger partial charge in [0, 0.05) is 17.0 Å². The van der Waals surface area contributed by atoms with Gasteiger partial charge in [-0.15, -0.1) is 11.3 Å². The first kappa shape index (κ1) is 18.4. The zero-order valence-electron chi connectivity index (χ0n) is 13.4. The first-order valence-electron chi connectivity index (χ1n) is 7.41. The highest BCUT2D eigenvalue weighted by Crippen LogP contribution is 2.26. The molecule has 2 heterocycles. The standard InChI is InChI=1S/C16H12Cl2N4O3S/c1-2-24-15(23)12-6-14(25-22-12)13-8-26-16(20-13)21-19-7-9-10(17)4-3-5-11(9)18/h3-8H,2H2,1H3,(H,20,21). The summed E-state index contributed by atoms with van der Waals surface area (Å²) in [5.41, 5.74) is 4.01. The Bertz CT molecular complexity index is 934. The molecule has 3 rings (SSSR count). The molecule has 0 atom stereocenters. The van der Waals surface area contributed by atoms with Gasteiger partial charge in [-0.25, -0.2) is 9.78 Å². The molecule has 134 valence electrons. The third-order valence-electron chi connectivity index (χ3n) is 3.10. The molecule has 1 N–H and O–H groups in total. The summed E-state index contributed by atoms with van der Waals surface area (Å²) >= 11 is 13.5. The third-order valence-corrected chi connectivity index (χ3v) is 4.51. The Morgan fingerprint density at radius 2 is 2.19 bits per heavy atom. The molecule has 0 unspecified atom stereocenters. The van der Waals surface area contributed by atoms with Crippen molar-refractivity contribution in [2.45, 2.75) is 6.92 Å². The van der Waals surface area contributed by atoms with Crippen LogP contribution in [0.3, 0.4) is 0 Å². The van der Waals surface area contributed by atoms with Crippen LogP contribution < -0.4 is 5.43 Å². The van der Waals surface area contributed by atoms with Gasteiger partial charge < -0.3 is 9.26 Å². The third kappa shape index (κ3) is 4.21. The van der Waals surface area contributed by atoms with Gasteiger partial charge in [0.15, 0.2) is 11.5 Å². The van der Waals surface area contributed by atoms with Crippen molar-refractivity contribution >= 4 is 51.9 Å². The number of anilines is 1. The molecule has 0 radical (unpaired) electrons. The summed E-state index contributed by atoms with van der Waals surface area (Å²) < 4.78 is 9.99. The van der Waals surface area contributed by atoms with E-state index in [4.69, 9.17) is 32.5 Å². The Morgan fingerprint density at radius 1 is 1.42 bits per heavy atom. The molecule has 0 aliphatic carbocycles. The van der Waals surface area contributed by atoms with Crippen LogP contribution in [0.15, 0.2) is 39.3 Å². The molecule has 0 spiro atoms. The lowest BCUT2D eigenvalue weighted by Gasteiger charge is -2.00. The van der Waals surface area contributed by atoms with Crippen molar-refractivity contribution in [2.75, 3.05) is 12.0 Å². The van der Waals surface area contributed by atoms with Crippen LogP contribution in [0.1, 0.15) is 23.0 Å². The number of hydrogen-bond donors (Lipinski definition) is 1. The molecule has 3 aromatic rings. The first-order valence-corrected chi connectivity index (χ1v) is 9.05. The van der Waals surface area contributed by atoms with E-state index in [-0.39, 0.29) is 12.3 Å². The number of esters is 1. The van der Waals surface area contributed by atoms with Crippen molar-refractivity contribution in [2.24, 2.45) is 5.10 Å². The average molecular weight is 411 g/mol. The van der Waals surface area contributed by atoms with Gasteiger partial charge >= 0.3 is 5.97 Å². The second-order valence-electron chi connectivity index (χ2n) is 4.84. The predicted octanol–water partition coefficient (Wildman–Crippen LogP) is 4.73. The molecule has 10 heteroatoms. The number of nitrogens with one attached hydrogen (secondary N) is 1. The molecule has 26 heavy (non-hydrogen) atoms. The Morgan fingerprint density at radius 3 is 2.92 bits per heavy atom. The van der Waals surface area contributed by atoms with Crippen molar-refractivity contribution < 1.29 is 14.1 Å². The van der Waals surface area contributed by atoms with Gasteiger partial charge in [0.05, 0.1) is 22.9 Å². The number of hydrazone groups is 1. The predicted molar refractivity (Wildman–Crippen MR) is 101 cm³/mol. The number of ether oxygens (including phenoxy) is 1. The topological polar surface area (TPSA) is 89.6 Å². The molecule has 2 aromatic heterocycles. The van der Waals surface area contributed by atoms with E-state index >= 15 is 0 Å². The van der Waals surface area contributed by atoms with Crippen LogP contribution in [-0.4, -0.2) is 28.9 Å². The van der Waals surface area contributed by atoms with Gasteiger partial charge in [0.25, 0.3) is 0 Å². The van der Waals surface area contributed by atoms with E-state index < -0.39 is 5.97 Å². The van der Waals surface area contributed by atoms with E-state index in [1.54, 1.807) is 30.5 Å². The Kier molecular flexibility index (Phi) is 5.87. The fourth-order valence-electron chi connectivity index (χ4n) is 1.92. The molecule has 0 aliphatic heterocycles. The minimum absolute atomic E-state index is 0.0933. The number of halogens is 2. The average Bonchev–Trinajstić information content (AvgIpc) is 3.27. The quantitative estimate of drug-likeness (QED) is 0.358. The number of carbonyl (C=O) groups excluding carboxylic acids is 1. The van der Waals surface area contributed by atoms with Crippen LogP contribution in [0.2, 0.25) is 10.0 Å². The van der Waals surface area contributed by atoms with E-state index in [2.05, 4.69) is 20.7 Å². The van der Waals surface area contributed by atoms with Gasteiger partial charge in [0.2, 0.25) is 5.13 Å². The summed E-state index contributed by atoms with van der Waals surface area (Å²) in [4.78, 5) is 15.9. The fourth-order valence-corrected chi connectivity index (χ4v) is 3.07. The number of hydrogen-bond acceptors (Lipinski definition) is 8. The van der Waals surface area contributed by atoms with Gasteiger partial charge in [-0.05, 0) is 19.1 Å². The van der Waals surface area contributed by atoms with Gasteiger partial charge in [-0.1, -0.05) is 34.4 Å². The van der Waals surface area contributed by atoms with E-state index in [1.165, 1.54) is 23.6 Å². The maximum absolute atomic E-state index is 11.6. The number of carbonyl (C=O) groups is 1. The SMILES string of the molecule is CCOC(=O)c1cc(-c2csc(NN=Cc3c(Cl)cccc3Cl)n2)on1. The molecule has 0 saturated heterocycles. The van der Waals surface area contributed by atoms with Crippen LogP contribution in [0.25, 0.3) is 11.5 Å². The normalized spacial score (nSPS) is 11.0.